The Kier molecular flexibility index (Phi) is 6.66. The Bertz CT molecular complexity index is 1130. The maximum absolute atomic E-state index is 12.6. The van der Waals surface area contributed by atoms with Crippen LogP contribution in [-0.2, 0) is 19.6 Å². The number of benzene rings is 2. The molecule has 3 rings (SSSR count). The molecule has 31 heavy (non-hydrogen) atoms. The van der Waals surface area contributed by atoms with E-state index < -0.39 is 33.4 Å². The van der Waals surface area contributed by atoms with Crippen LogP contribution in [0.4, 0.5) is 11.4 Å². The number of nitrogens with one attached hydrogen (secondary N) is 1. The molecule has 0 aromatic heterocycles. The largest absolute Gasteiger partial charge is 0.452 e. The van der Waals surface area contributed by atoms with Crippen LogP contribution in [0, 0.1) is 17.0 Å². The Hall–Kier alpha value is -3.31. The van der Waals surface area contributed by atoms with E-state index in [4.69, 9.17) is 4.74 Å². The van der Waals surface area contributed by atoms with Gasteiger partial charge in [0, 0.05) is 19.2 Å². The SMILES string of the molecule is Cc1c(NC(=O)COC(=O)c2cccc(S(=O)(=O)N3CCCC3)c2)cccc1[N+](=O)[O-]. The molecule has 0 atom stereocenters. The van der Waals surface area contributed by atoms with Gasteiger partial charge in [-0.2, -0.15) is 4.31 Å². The monoisotopic (exact) mass is 447 g/mol. The number of carbonyl (C=O) groups excluding carboxylic acids is 2. The zero-order chi connectivity index (χ0) is 22.6. The van der Waals surface area contributed by atoms with Crippen LogP contribution in [0.5, 0.6) is 0 Å². The lowest BCUT2D eigenvalue weighted by Crippen LogP contribution is -2.28. The molecule has 2 aromatic carbocycles. The van der Waals surface area contributed by atoms with Gasteiger partial charge in [0.15, 0.2) is 6.61 Å². The number of carbonyl (C=O) groups is 2. The van der Waals surface area contributed by atoms with Gasteiger partial charge < -0.3 is 10.1 Å². The summed E-state index contributed by atoms with van der Waals surface area (Å²) in [4.78, 5) is 34.9. The van der Waals surface area contributed by atoms with Crippen molar-refractivity contribution in [2.75, 3.05) is 25.0 Å². The van der Waals surface area contributed by atoms with Crippen LogP contribution in [0.1, 0.15) is 28.8 Å². The third-order valence-corrected chi connectivity index (χ3v) is 6.78. The summed E-state index contributed by atoms with van der Waals surface area (Å²) in [7, 11) is -3.69. The molecule has 0 aliphatic carbocycles. The van der Waals surface area contributed by atoms with Crippen LogP contribution in [0.3, 0.4) is 0 Å². The molecule has 1 aliphatic rings. The standard InChI is InChI=1S/C20H21N3O7S/c1-14-17(8-5-9-18(14)23(26)27)21-19(24)13-30-20(25)15-6-4-7-16(12-15)31(28,29)22-10-2-3-11-22/h4-9,12H,2-3,10-11,13H2,1H3,(H,21,24). The molecule has 1 amide bonds. The van der Waals surface area contributed by atoms with Gasteiger partial charge in [-0.3, -0.25) is 14.9 Å². The first kappa shape index (κ1) is 22.4. The first-order chi connectivity index (χ1) is 14.7. The topological polar surface area (TPSA) is 136 Å². The quantitative estimate of drug-likeness (QED) is 0.391. The summed E-state index contributed by atoms with van der Waals surface area (Å²) in [5.41, 5.74) is 0.353. The van der Waals surface area contributed by atoms with Crippen LogP contribution in [0.15, 0.2) is 47.4 Å². The number of sulfonamides is 1. The van der Waals surface area contributed by atoms with Gasteiger partial charge in [-0.15, -0.1) is 0 Å². The molecule has 0 radical (unpaired) electrons. The van der Waals surface area contributed by atoms with E-state index in [-0.39, 0.29) is 27.4 Å². The van der Waals surface area contributed by atoms with Crippen LogP contribution in [0.25, 0.3) is 0 Å². The van der Waals surface area contributed by atoms with Crippen LogP contribution >= 0.6 is 0 Å². The third-order valence-electron chi connectivity index (χ3n) is 4.88. The van der Waals surface area contributed by atoms with Crippen molar-refractivity contribution in [2.45, 2.75) is 24.7 Å². The lowest BCUT2D eigenvalue weighted by atomic mass is 10.1. The van der Waals surface area contributed by atoms with Crippen molar-refractivity contribution >= 4 is 33.3 Å². The minimum atomic E-state index is -3.69. The summed E-state index contributed by atoms with van der Waals surface area (Å²) >= 11 is 0. The number of nitro groups is 1. The van der Waals surface area contributed by atoms with Crippen molar-refractivity contribution < 1.29 is 27.7 Å². The van der Waals surface area contributed by atoms with E-state index in [0.29, 0.717) is 13.1 Å². The van der Waals surface area contributed by atoms with Gasteiger partial charge >= 0.3 is 5.97 Å². The third kappa shape index (κ3) is 5.06. The van der Waals surface area contributed by atoms with Gasteiger partial charge in [-0.1, -0.05) is 12.1 Å². The zero-order valence-corrected chi connectivity index (χ0v) is 17.6. The second-order valence-electron chi connectivity index (χ2n) is 6.97. The van der Waals surface area contributed by atoms with Crippen LogP contribution < -0.4 is 5.32 Å². The first-order valence-corrected chi connectivity index (χ1v) is 11.0. The van der Waals surface area contributed by atoms with Crippen molar-refractivity contribution in [3.05, 3.63) is 63.7 Å². The van der Waals surface area contributed by atoms with E-state index in [1.54, 1.807) is 0 Å². The van der Waals surface area contributed by atoms with Crippen molar-refractivity contribution in [3.63, 3.8) is 0 Å². The average molecular weight is 447 g/mol. The molecule has 1 fully saturated rings. The predicted molar refractivity (Wildman–Crippen MR) is 111 cm³/mol. The Morgan fingerprint density at radius 3 is 2.52 bits per heavy atom. The molecule has 0 bridgehead atoms. The Morgan fingerprint density at radius 1 is 1.16 bits per heavy atom. The van der Waals surface area contributed by atoms with Crippen molar-refractivity contribution in [2.24, 2.45) is 0 Å². The predicted octanol–water partition coefficient (Wildman–Crippen LogP) is 2.48. The van der Waals surface area contributed by atoms with E-state index in [2.05, 4.69) is 5.32 Å². The first-order valence-electron chi connectivity index (χ1n) is 9.51. The second kappa shape index (κ2) is 9.23. The smallest absolute Gasteiger partial charge is 0.338 e. The average Bonchev–Trinajstić information content (AvgIpc) is 3.29. The molecule has 1 saturated heterocycles. The number of anilines is 1. The fourth-order valence-electron chi connectivity index (χ4n) is 3.22. The number of hydrogen-bond acceptors (Lipinski definition) is 7. The van der Waals surface area contributed by atoms with Gasteiger partial charge in [-0.25, -0.2) is 13.2 Å². The number of nitrogens with zero attached hydrogens (tertiary/aromatic N) is 2. The van der Waals surface area contributed by atoms with Crippen molar-refractivity contribution in [3.8, 4) is 0 Å². The van der Waals surface area contributed by atoms with Crippen molar-refractivity contribution in [1.29, 1.82) is 0 Å². The lowest BCUT2D eigenvalue weighted by molar-refractivity contribution is -0.385. The van der Waals surface area contributed by atoms with Crippen LogP contribution in [-0.4, -0.2) is 49.2 Å². The van der Waals surface area contributed by atoms with Gasteiger partial charge in [0.2, 0.25) is 10.0 Å². The molecule has 11 heteroatoms. The highest BCUT2D eigenvalue weighted by atomic mass is 32.2. The van der Waals surface area contributed by atoms with E-state index in [0.717, 1.165) is 12.8 Å². The summed E-state index contributed by atoms with van der Waals surface area (Å²) in [5.74, 6) is -1.54. The van der Waals surface area contributed by atoms with Crippen molar-refractivity contribution in [1.82, 2.24) is 4.31 Å². The van der Waals surface area contributed by atoms with Gasteiger partial charge in [-0.05, 0) is 44.0 Å². The second-order valence-corrected chi connectivity index (χ2v) is 8.91. The molecule has 0 spiro atoms. The van der Waals surface area contributed by atoms with E-state index >= 15 is 0 Å². The van der Waals surface area contributed by atoms with E-state index in [1.165, 1.54) is 53.7 Å². The highest BCUT2D eigenvalue weighted by Gasteiger charge is 2.28. The lowest BCUT2D eigenvalue weighted by Gasteiger charge is -2.15. The summed E-state index contributed by atoms with van der Waals surface area (Å²) in [6.45, 7) is 1.73. The molecule has 1 N–H and O–H groups in total. The maximum Gasteiger partial charge on any atom is 0.338 e. The highest BCUT2D eigenvalue weighted by molar-refractivity contribution is 7.89. The number of hydrogen-bond donors (Lipinski definition) is 1. The summed E-state index contributed by atoms with van der Waals surface area (Å²) in [6.07, 6.45) is 1.58. The normalized spacial score (nSPS) is 14.2. The van der Waals surface area contributed by atoms with Crippen LogP contribution in [0.2, 0.25) is 0 Å². The number of amides is 1. The van der Waals surface area contributed by atoms with E-state index in [1.807, 2.05) is 0 Å². The summed E-state index contributed by atoms with van der Waals surface area (Å²) in [6, 6.07) is 9.70. The van der Waals surface area contributed by atoms with E-state index in [9.17, 15) is 28.1 Å². The fraction of sp³-hybridized carbons (Fsp3) is 0.300. The number of esters is 1. The molecular formula is C20H21N3O7S. The van der Waals surface area contributed by atoms with Gasteiger partial charge in [0.25, 0.3) is 11.6 Å². The molecular weight excluding hydrogens is 426 g/mol. The zero-order valence-electron chi connectivity index (χ0n) is 16.7. The molecule has 2 aromatic rings. The fourth-order valence-corrected chi connectivity index (χ4v) is 4.78. The molecule has 1 aliphatic heterocycles. The summed E-state index contributed by atoms with van der Waals surface area (Å²) < 4.78 is 31.6. The number of rotatable bonds is 7. The molecule has 0 saturated carbocycles. The maximum atomic E-state index is 12.6. The highest BCUT2D eigenvalue weighted by Crippen LogP contribution is 2.25. The molecule has 164 valence electrons. The molecule has 10 nitrogen and oxygen atoms in total. The minimum absolute atomic E-state index is 0.000369. The Morgan fingerprint density at radius 2 is 1.84 bits per heavy atom. The number of nitro benzene ring substituents is 1. The Balaban J connectivity index is 1.64. The van der Waals surface area contributed by atoms with Gasteiger partial charge in [0.1, 0.15) is 0 Å². The molecule has 1 heterocycles. The summed E-state index contributed by atoms with van der Waals surface area (Å²) in [5, 5.41) is 13.5. The number of ether oxygens (including phenoxy) is 1. The minimum Gasteiger partial charge on any atom is -0.452 e. The molecule has 0 unspecified atom stereocenters. The van der Waals surface area contributed by atoms with Gasteiger partial charge in [0.05, 0.1) is 26.6 Å². The Labute approximate surface area is 179 Å².